The highest BCUT2D eigenvalue weighted by molar-refractivity contribution is 8.00. The number of aryl methyl sites for hydroxylation is 1. The van der Waals surface area contributed by atoms with E-state index in [1.165, 1.54) is 23.3 Å². The standard InChI is InChI=1S/C13H13N5OS2/c1-3-7-18-11(9-6-5-8-19-9)15-16-12(18)20-13-14-10(4-2)17-21-13/h3,5-6,8H,1,4,7H2,2H3. The number of allylic oxidation sites excluding steroid dienone is 1. The zero-order chi connectivity index (χ0) is 14.7. The van der Waals surface area contributed by atoms with Gasteiger partial charge in [0.25, 0.3) is 0 Å². The van der Waals surface area contributed by atoms with Gasteiger partial charge in [-0.15, -0.1) is 16.8 Å². The fourth-order valence-corrected chi connectivity index (χ4v) is 3.39. The molecule has 0 amide bonds. The average molecular weight is 319 g/mol. The molecule has 0 fully saturated rings. The largest absolute Gasteiger partial charge is 0.461 e. The zero-order valence-corrected chi connectivity index (χ0v) is 13.0. The molecule has 0 saturated heterocycles. The molecule has 0 aliphatic carbocycles. The SMILES string of the molecule is C=CCn1c(Sc2nc(CC)ns2)nnc1-c1ccco1. The summed E-state index contributed by atoms with van der Waals surface area (Å²) in [4.78, 5) is 4.44. The smallest absolute Gasteiger partial charge is 0.200 e. The molecule has 0 radical (unpaired) electrons. The van der Waals surface area contributed by atoms with Gasteiger partial charge in [-0.3, -0.25) is 4.57 Å². The van der Waals surface area contributed by atoms with Crippen molar-refractivity contribution in [1.29, 1.82) is 0 Å². The lowest BCUT2D eigenvalue weighted by Gasteiger charge is -2.04. The Morgan fingerprint density at radius 2 is 2.38 bits per heavy atom. The second-order valence-corrected chi connectivity index (χ2v) is 6.08. The van der Waals surface area contributed by atoms with Gasteiger partial charge in [-0.25, -0.2) is 4.98 Å². The van der Waals surface area contributed by atoms with Crippen molar-refractivity contribution in [3.05, 3.63) is 36.9 Å². The normalized spacial score (nSPS) is 10.9. The van der Waals surface area contributed by atoms with Crippen LogP contribution < -0.4 is 0 Å². The van der Waals surface area contributed by atoms with Gasteiger partial charge in [-0.05, 0) is 35.4 Å². The lowest BCUT2D eigenvalue weighted by atomic mass is 10.4. The van der Waals surface area contributed by atoms with Crippen molar-refractivity contribution < 1.29 is 4.42 Å². The third-order valence-electron chi connectivity index (χ3n) is 2.71. The van der Waals surface area contributed by atoms with E-state index in [0.717, 1.165) is 21.7 Å². The van der Waals surface area contributed by atoms with Gasteiger partial charge in [0.2, 0.25) is 5.82 Å². The Labute approximate surface area is 130 Å². The number of furan rings is 1. The van der Waals surface area contributed by atoms with Gasteiger partial charge in [0.05, 0.1) is 6.26 Å². The maximum Gasteiger partial charge on any atom is 0.200 e. The molecule has 3 aromatic rings. The molecular weight excluding hydrogens is 306 g/mol. The van der Waals surface area contributed by atoms with Crippen LogP contribution >= 0.6 is 23.3 Å². The number of aromatic nitrogens is 5. The first-order valence-electron chi connectivity index (χ1n) is 6.40. The molecule has 3 heterocycles. The quantitative estimate of drug-likeness (QED) is 0.649. The van der Waals surface area contributed by atoms with Crippen molar-refractivity contribution >= 4 is 23.3 Å². The number of nitrogens with zero attached hydrogens (tertiary/aromatic N) is 5. The van der Waals surface area contributed by atoms with E-state index in [9.17, 15) is 0 Å². The summed E-state index contributed by atoms with van der Waals surface area (Å²) in [5.41, 5.74) is 0. The minimum atomic E-state index is 0.602. The van der Waals surface area contributed by atoms with Gasteiger partial charge in [0.1, 0.15) is 5.82 Å². The van der Waals surface area contributed by atoms with E-state index < -0.39 is 0 Å². The van der Waals surface area contributed by atoms with Gasteiger partial charge in [-0.2, -0.15) is 4.37 Å². The molecule has 0 N–H and O–H groups in total. The minimum Gasteiger partial charge on any atom is -0.461 e. The lowest BCUT2D eigenvalue weighted by molar-refractivity contribution is 0.569. The monoisotopic (exact) mass is 319 g/mol. The molecule has 6 nitrogen and oxygen atoms in total. The third kappa shape index (κ3) is 2.91. The first-order chi connectivity index (χ1) is 10.3. The van der Waals surface area contributed by atoms with Crippen LogP contribution in [-0.2, 0) is 13.0 Å². The van der Waals surface area contributed by atoms with Crippen molar-refractivity contribution in [3.8, 4) is 11.6 Å². The zero-order valence-electron chi connectivity index (χ0n) is 11.4. The predicted octanol–water partition coefficient (Wildman–Crippen LogP) is 3.29. The Bertz CT molecular complexity index is 732. The highest BCUT2D eigenvalue weighted by Crippen LogP contribution is 2.30. The van der Waals surface area contributed by atoms with Crippen LogP contribution in [0.5, 0.6) is 0 Å². The third-order valence-corrected chi connectivity index (χ3v) is 4.49. The molecule has 21 heavy (non-hydrogen) atoms. The van der Waals surface area contributed by atoms with E-state index >= 15 is 0 Å². The van der Waals surface area contributed by atoms with Crippen molar-refractivity contribution in [1.82, 2.24) is 24.1 Å². The van der Waals surface area contributed by atoms with Gasteiger partial charge in [0.15, 0.2) is 15.3 Å². The maximum absolute atomic E-state index is 5.40. The molecule has 3 rings (SSSR count). The second kappa shape index (κ2) is 6.23. The van der Waals surface area contributed by atoms with Gasteiger partial charge in [-0.1, -0.05) is 13.0 Å². The van der Waals surface area contributed by atoms with E-state index in [0.29, 0.717) is 18.1 Å². The molecule has 0 spiro atoms. The van der Waals surface area contributed by atoms with E-state index in [1.807, 2.05) is 23.6 Å². The summed E-state index contributed by atoms with van der Waals surface area (Å²) in [7, 11) is 0. The number of rotatable bonds is 6. The average Bonchev–Trinajstić information content (AvgIpc) is 3.21. The summed E-state index contributed by atoms with van der Waals surface area (Å²) in [6.07, 6.45) is 4.25. The summed E-state index contributed by atoms with van der Waals surface area (Å²) in [5, 5.41) is 9.19. The first-order valence-corrected chi connectivity index (χ1v) is 7.99. The highest BCUT2D eigenvalue weighted by atomic mass is 32.2. The van der Waals surface area contributed by atoms with Gasteiger partial charge >= 0.3 is 0 Å². The Kier molecular flexibility index (Phi) is 4.16. The van der Waals surface area contributed by atoms with Crippen molar-refractivity contribution in [2.24, 2.45) is 0 Å². The molecule has 108 valence electrons. The van der Waals surface area contributed by atoms with Crippen LogP contribution in [0, 0.1) is 0 Å². The summed E-state index contributed by atoms with van der Waals surface area (Å²) in [5.74, 6) is 2.22. The summed E-state index contributed by atoms with van der Waals surface area (Å²) >= 11 is 2.83. The Morgan fingerprint density at radius 1 is 1.48 bits per heavy atom. The van der Waals surface area contributed by atoms with Crippen LogP contribution in [0.3, 0.4) is 0 Å². The van der Waals surface area contributed by atoms with Crippen LogP contribution in [-0.4, -0.2) is 24.1 Å². The van der Waals surface area contributed by atoms with Crippen LogP contribution in [0.2, 0.25) is 0 Å². The fraction of sp³-hybridized carbons (Fsp3) is 0.231. The van der Waals surface area contributed by atoms with E-state index in [1.54, 1.807) is 12.3 Å². The van der Waals surface area contributed by atoms with E-state index in [2.05, 4.69) is 26.1 Å². The molecule has 0 saturated carbocycles. The lowest BCUT2D eigenvalue weighted by Crippen LogP contribution is -1.99. The predicted molar refractivity (Wildman–Crippen MR) is 81.3 cm³/mol. The van der Waals surface area contributed by atoms with Gasteiger partial charge in [0, 0.05) is 13.0 Å². The molecule has 0 aliphatic rings. The molecule has 0 aliphatic heterocycles. The minimum absolute atomic E-state index is 0.602. The Balaban J connectivity index is 1.93. The van der Waals surface area contributed by atoms with Crippen molar-refractivity contribution in [3.63, 3.8) is 0 Å². The summed E-state index contributed by atoms with van der Waals surface area (Å²) < 4.78 is 12.5. The second-order valence-electron chi connectivity index (χ2n) is 4.11. The van der Waals surface area contributed by atoms with E-state index in [-0.39, 0.29) is 0 Å². The molecule has 0 aromatic carbocycles. The molecule has 3 aromatic heterocycles. The van der Waals surface area contributed by atoms with E-state index in [4.69, 9.17) is 4.42 Å². The molecule has 0 bridgehead atoms. The number of hydrogen-bond acceptors (Lipinski definition) is 7. The van der Waals surface area contributed by atoms with Crippen molar-refractivity contribution in [2.45, 2.75) is 29.4 Å². The molecular formula is C13H13N5OS2. The molecule has 8 heteroatoms. The topological polar surface area (TPSA) is 69.6 Å². The van der Waals surface area contributed by atoms with Crippen LogP contribution in [0.1, 0.15) is 12.7 Å². The van der Waals surface area contributed by atoms with Crippen LogP contribution in [0.15, 0.2) is 45.0 Å². The summed E-state index contributed by atoms with van der Waals surface area (Å²) in [6, 6.07) is 3.69. The Morgan fingerprint density at radius 3 is 3.05 bits per heavy atom. The van der Waals surface area contributed by atoms with Crippen LogP contribution in [0.4, 0.5) is 0 Å². The number of hydrogen-bond donors (Lipinski definition) is 0. The fourth-order valence-electron chi connectivity index (χ4n) is 1.75. The highest BCUT2D eigenvalue weighted by Gasteiger charge is 2.17. The van der Waals surface area contributed by atoms with Crippen molar-refractivity contribution in [2.75, 3.05) is 0 Å². The van der Waals surface area contributed by atoms with Crippen LogP contribution in [0.25, 0.3) is 11.6 Å². The first kappa shape index (κ1) is 14.0. The summed E-state index contributed by atoms with van der Waals surface area (Å²) in [6.45, 7) is 6.42. The molecule has 0 unspecified atom stereocenters. The molecule has 0 atom stereocenters. The Hall–Kier alpha value is -1.93. The maximum atomic E-state index is 5.40. The van der Waals surface area contributed by atoms with Gasteiger partial charge < -0.3 is 4.42 Å².